The van der Waals surface area contributed by atoms with Crippen LogP contribution in [0.5, 0.6) is 0 Å². The highest BCUT2D eigenvalue weighted by Crippen LogP contribution is 2.40. The summed E-state index contributed by atoms with van der Waals surface area (Å²) < 4.78 is 27.8. The van der Waals surface area contributed by atoms with Gasteiger partial charge in [0.2, 0.25) is 0 Å². The number of aromatic nitrogens is 2. The molecular formula is C20H14F2N4OS2. The van der Waals surface area contributed by atoms with Gasteiger partial charge in [-0.05, 0) is 24.6 Å². The Bertz CT molecular complexity index is 1200. The molecule has 0 aliphatic carbocycles. The third kappa shape index (κ3) is 3.87. The highest BCUT2D eigenvalue weighted by atomic mass is 32.1. The van der Waals surface area contributed by atoms with Crippen molar-refractivity contribution in [2.75, 3.05) is 11.1 Å². The Morgan fingerprint density at radius 1 is 1.10 bits per heavy atom. The van der Waals surface area contributed by atoms with Crippen molar-refractivity contribution in [3.8, 4) is 21.8 Å². The summed E-state index contributed by atoms with van der Waals surface area (Å²) in [6.07, 6.45) is 0. The minimum absolute atomic E-state index is 0.204. The van der Waals surface area contributed by atoms with Crippen LogP contribution >= 0.6 is 22.7 Å². The minimum atomic E-state index is -0.939. The first-order valence-electron chi connectivity index (χ1n) is 8.47. The molecule has 2 heterocycles. The maximum absolute atomic E-state index is 13.9. The van der Waals surface area contributed by atoms with E-state index in [1.807, 2.05) is 31.2 Å². The van der Waals surface area contributed by atoms with Gasteiger partial charge in [-0.1, -0.05) is 47.2 Å². The second-order valence-corrected chi connectivity index (χ2v) is 8.08. The average molecular weight is 428 g/mol. The standard InChI is InChI=1S/C20H14F2N4OS2/c1-10-4-2-5-11(8-10)17-16(14-9-28-19(23)24-14)25-20(29-17)26-18(27)15-12(21)6-3-7-13(15)22/h2-9H,1H3,(H2,23,24)(H,25,26,27). The normalized spacial score (nSPS) is 10.9. The molecule has 0 spiro atoms. The van der Waals surface area contributed by atoms with Gasteiger partial charge in [-0.25, -0.2) is 18.7 Å². The number of halogens is 2. The van der Waals surface area contributed by atoms with Crippen molar-refractivity contribution in [1.82, 2.24) is 9.97 Å². The number of amides is 1. The van der Waals surface area contributed by atoms with Gasteiger partial charge >= 0.3 is 0 Å². The van der Waals surface area contributed by atoms with E-state index in [0.29, 0.717) is 16.5 Å². The quantitative estimate of drug-likeness (QED) is 0.459. The van der Waals surface area contributed by atoms with Crippen LogP contribution in [0.3, 0.4) is 0 Å². The number of anilines is 2. The summed E-state index contributed by atoms with van der Waals surface area (Å²) >= 11 is 2.47. The van der Waals surface area contributed by atoms with E-state index in [0.717, 1.165) is 28.1 Å². The average Bonchev–Trinajstić information content (AvgIpc) is 3.28. The molecule has 0 aliphatic rings. The fraction of sp³-hybridized carbons (Fsp3) is 0.0500. The van der Waals surface area contributed by atoms with Gasteiger partial charge in [0.1, 0.15) is 28.6 Å². The van der Waals surface area contributed by atoms with Gasteiger partial charge in [0, 0.05) is 5.38 Å². The summed E-state index contributed by atoms with van der Waals surface area (Å²) in [6, 6.07) is 11.0. The summed E-state index contributed by atoms with van der Waals surface area (Å²) in [6.45, 7) is 1.97. The van der Waals surface area contributed by atoms with Crippen LogP contribution in [0.1, 0.15) is 15.9 Å². The Morgan fingerprint density at radius 2 is 1.83 bits per heavy atom. The molecule has 0 fully saturated rings. The summed E-state index contributed by atoms with van der Waals surface area (Å²) in [4.78, 5) is 21.9. The molecule has 146 valence electrons. The third-order valence-electron chi connectivity index (χ3n) is 4.08. The van der Waals surface area contributed by atoms with Gasteiger partial charge in [0.25, 0.3) is 5.91 Å². The molecule has 9 heteroatoms. The van der Waals surface area contributed by atoms with Gasteiger partial charge in [0.05, 0.1) is 4.88 Å². The van der Waals surface area contributed by atoms with E-state index in [4.69, 9.17) is 5.73 Å². The van der Waals surface area contributed by atoms with E-state index in [-0.39, 0.29) is 5.13 Å². The van der Waals surface area contributed by atoms with Crippen molar-refractivity contribution in [3.63, 3.8) is 0 Å². The van der Waals surface area contributed by atoms with Crippen LogP contribution < -0.4 is 11.1 Å². The SMILES string of the molecule is Cc1cccc(-c2sc(NC(=O)c3c(F)cccc3F)nc2-c2csc(N)n2)c1. The minimum Gasteiger partial charge on any atom is -0.375 e. The summed E-state index contributed by atoms with van der Waals surface area (Å²) in [5.41, 5.74) is 8.15. The van der Waals surface area contributed by atoms with Gasteiger partial charge < -0.3 is 5.73 Å². The zero-order valence-electron chi connectivity index (χ0n) is 15.1. The smallest absolute Gasteiger partial charge is 0.263 e. The number of nitrogens with two attached hydrogens (primary N) is 1. The van der Waals surface area contributed by atoms with Crippen molar-refractivity contribution in [3.05, 3.63) is 70.6 Å². The van der Waals surface area contributed by atoms with Crippen molar-refractivity contribution in [2.45, 2.75) is 6.92 Å². The molecule has 29 heavy (non-hydrogen) atoms. The molecule has 0 radical (unpaired) electrons. The lowest BCUT2D eigenvalue weighted by molar-refractivity contribution is 0.101. The Balaban J connectivity index is 1.76. The molecule has 0 atom stereocenters. The summed E-state index contributed by atoms with van der Waals surface area (Å²) in [5, 5.41) is 4.86. The van der Waals surface area contributed by atoms with Gasteiger partial charge in [-0.2, -0.15) is 0 Å². The lowest BCUT2D eigenvalue weighted by atomic mass is 10.1. The fourth-order valence-electron chi connectivity index (χ4n) is 2.80. The maximum atomic E-state index is 13.9. The topological polar surface area (TPSA) is 80.9 Å². The Morgan fingerprint density at radius 3 is 2.48 bits per heavy atom. The zero-order valence-corrected chi connectivity index (χ0v) is 16.7. The van der Waals surface area contributed by atoms with E-state index in [1.54, 1.807) is 5.38 Å². The molecule has 3 N–H and O–H groups in total. The van der Waals surface area contributed by atoms with Crippen molar-refractivity contribution in [1.29, 1.82) is 0 Å². The van der Waals surface area contributed by atoms with Crippen LogP contribution in [-0.4, -0.2) is 15.9 Å². The first-order valence-corrected chi connectivity index (χ1v) is 10.2. The number of nitrogen functional groups attached to an aromatic ring is 1. The van der Waals surface area contributed by atoms with Crippen molar-refractivity contribution < 1.29 is 13.6 Å². The monoisotopic (exact) mass is 428 g/mol. The third-order valence-corrected chi connectivity index (χ3v) is 5.78. The molecule has 0 saturated carbocycles. The van der Waals surface area contributed by atoms with E-state index in [1.165, 1.54) is 28.7 Å². The highest BCUT2D eigenvalue weighted by Gasteiger charge is 2.22. The number of carbonyl (C=O) groups excluding carboxylic acids is 1. The number of nitrogens with one attached hydrogen (secondary N) is 1. The molecule has 2 aromatic carbocycles. The predicted molar refractivity (Wildman–Crippen MR) is 112 cm³/mol. The lowest BCUT2D eigenvalue weighted by Gasteiger charge is -2.04. The molecule has 0 bridgehead atoms. The van der Waals surface area contributed by atoms with E-state index < -0.39 is 23.1 Å². The molecule has 0 aliphatic heterocycles. The van der Waals surface area contributed by atoms with Crippen LogP contribution in [0.15, 0.2) is 47.8 Å². The van der Waals surface area contributed by atoms with E-state index in [2.05, 4.69) is 15.3 Å². The molecular weight excluding hydrogens is 414 g/mol. The van der Waals surface area contributed by atoms with Crippen LogP contribution in [0.2, 0.25) is 0 Å². The van der Waals surface area contributed by atoms with Crippen LogP contribution in [0.4, 0.5) is 19.0 Å². The largest absolute Gasteiger partial charge is 0.375 e. The van der Waals surface area contributed by atoms with Crippen molar-refractivity contribution in [2.24, 2.45) is 0 Å². The second kappa shape index (κ2) is 7.69. The number of hydrogen-bond acceptors (Lipinski definition) is 6. The molecule has 1 amide bonds. The first-order chi connectivity index (χ1) is 13.9. The van der Waals surface area contributed by atoms with Gasteiger partial charge in [0.15, 0.2) is 10.3 Å². The molecule has 0 saturated heterocycles. The number of thiazole rings is 2. The first kappa shape index (κ1) is 19.2. The molecule has 4 rings (SSSR count). The number of benzene rings is 2. The predicted octanol–water partition coefficient (Wildman–Crippen LogP) is 5.35. The molecule has 4 aromatic rings. The van der Waals surface area contributed by atoms with Gasteiger partial charge in [-0.15, -0.1) is 11.3 Å². The number of aryl methyl sites for hydroxylation is 1. The maximum Gasteiger partial charge on any atom is 0.263 e. The van der Waals surface area contributed by atoms with Crippen LogP contribution in [0, 0.1) is 18.6 Å². The van der Waals surface area contributed by atoms with Crippen LogP contribution in [0.25, 0.3) is 21.8 Å². The molecule has 2 aromatic heterocycles. The number of hydrogen-bond donors (Lipinski definition) is 2. The Hall–Kier alpha value is -3.17. The van der Waals surface area contributed by atoms with E-state index in [9.17, 15) is 13.6 Å². The van der Waals surface area contributed by atoms with Crippen molar-refractivity contribution >= 4 is 38.8 Å². The number of carbonyl (C=O) groups is 1. The molecule has 0 unspecified atom stereocenters. The number of rotatable bonds is 4. The second-order valence-electron chi connectivity index (χ2n) is 6.19. The fourth-order valence-corrected chi connectivity index (χ4v) is 4.31. The van der Waals surface area contributed by atoms with Crippen LogP contribution in [-0.2, 0) is 0 Å². The zero-order chi connectivity index (χ0) is 20.5. The lowest BCUT2D eigenvalue weighted by Crippen LogP contribution is -2.15. The summed E-state index contributed by atoms with van der Waals surface area (Å²) in [7, 11) is 0. The molecule has 5 nitrogen and oxygen atoms in total. The van der Waals surface area contributed by atoms with E-state index >= 15 is 0 Å². The summed E-state index contributed by atoms with van der Waals surface area (Å²) in [5.74, 6) is -2.79. The highest BCUT2D eigenvalue weighted by molar-refractivity contribution is 7.19. The Kier molecular flexibility index (Phi) is 5.08. The van der Waals surface area contributed by atoms with Gasteiger partial charge in [-0.3, -0.25) is 10.1 Å². The number of nitrogens with zero attached hydrogens (tertiary/aromatic N) is 2. The Labute approximate surface area is 172 Å².